The van der Waals surface area contributed by atoms with Crippen molar-refractivity contribution < 1.29 is 19.5 Å². The first kappa shape index (κ1) is 16.4. The van der Waals surface area contributed by atoms with E-state index in [-0.39, 0.29) is 12.0 Å². The lowest BCUT2D eigenvalue weighted by molar-refractivity contribution is -0.143. The van der Waals surface area contributed by atoms with Gasteiger partial charge >= 0.3 is 5.97 Å². The molecule has 8 nitrogen and oxygen atoms in total. The zero-order valence-corrected chi connectivity index (χ0v) is 11.3. The highest BCUT2D eigenvalue weighted by atomic mass is 16.4. The van der Waals surface area contributed by atoms with Crippen LogP contribution in [0.5, 0.6) is 0 Å². The van der Waals surface area contributed by atoms with Gasteiger partial charge in [0.25, 0.3) is 0 Å². The summed E-state index contributed by atoms with van der Waals surface area (Å²) in [4.78, 5) is 44.6. The van der Waals surface area contributed by atoms with Gasteiger partial charge in [0.15, 0.2) is 0 Å². The number of aromatic nitrogens is 1. The first-order valence-electron chi connectivity index (χ1n) is 6.36. The van der Waals surface area contributed by atoms with Crippen molar-refractivity contribution in [3.8, 4) is 0 Å². The Labute approximate surface area is 120 Å². The highest BCUT2D eigenvalue weighted by Gasteiger charge is 2.21. The molecular weight excluding hydrogens is 278 g/mol. The zero-order valence-electron chi connectivity index (χ0n) is 11.3. The number of carbonyl (C=O) groups is 3. The number of rotatable bonds is 8. The Balaban J connectivity index is 2.43. The number of pyridine rings is 1. The van der Waals surface area contributed by atoms with Gasteiger partial charge in [0.05, 0.1) is 6.42 Å². The van der Waals surface area contributed by atoms with Crippen molar-refractivity contribution in [1.82, 2.24) is 9.88 Å². The smallest absolute Gasteiger partial charge is 0.326 e. The number of aliphatic carboxylic acids is 1. The summed E-state index contributed by atoms with van der Waals surface area (Å²) in [6.45, 7) is 0.348. The van der Waals surface area contributed by atoms with E-state index in [9.17, 15) is 19.2 Å². The number of carboxylic acids is 1. The Bertz CT molecular complexity index is 581. The standard InChI is InChI=1S/C13H17N3O5/c14-10(17)8-9(13(20)21)15-11(18)4-3-7-16-6-2-1-5-12(16)19/h1-2,5-6,9H,3-4,7-8H2,(H2,14,17)(H,15,18)(H,20,21). The highest BCUT2D eigenvalue weighted by molar-refractivity contribution is 5.88. The molecule has 0 aromatic carbocycles. The minimum absolute atomic E-state index is 0.0455. The summed E-state index contributed by atoms with van der Waals surface area (Å²) in [5, 5.41) is 11.1. The predicted octanol–water partition coefficient (Wildman–Crippen LogP) is -0.927. The van der Waals surface area contributed by atoms with E-state index in [0.717, 1.165) is 0 Å². The summed E-state index contributed by atoms with van der Waals surface area (Å²) in [6, 6.07) is 3.41. The average molecular weight is 295 g/mol. The Morgan fingerprint density at radius 2 is 2.05 bits per heavy atom. The Hall–Kier alpha value is -2.64. The zero-order chi connectivity index (χ0) is 15.8. The Morgan fingerprint density at radius 3 is 2.62 bits per heavy atom. The van der Waals surface area contributed by atoms with Crippen LogP contribution in [-0.2, 0) is 20.9 Å². The summed E-state index contributed by atoms with van der Waals surface area (Å²) in [6.07, 6.45) is 1.56. The molecule has 0 aliphatic rings. The third-order valence-corrected chi connectivity index (χ3v) is 2.74. The number of amides is 2. The predicted molar refractivity (Wildman–Crippen MR) is 73.3 cm³/mol. The van der Waals surface area contributed by atoms with Crippen LogP contribution < -0.4 is 16.6 Å². The second-order valence-electron chi connectivity index (χ2n) is 4.46. The molecule has 1 heterocycles. The second-order valence-corrected chi connectivity index (χ2v) is 4.46. The number of nitrogens with two attached hydrogens (primary N) is 1. The topological polar surface area (TPSA) is 131 Å². The van der Waals surface area contributed by atoms with Crippen LogP contribution in [0.15, 0.2) is 29.2 Å². The van der Waals surface area contributed by atoms with Gasteiger partial charge in [-0.25, -0.2) is 4.79 Å². The molecule has 0 bridgehead atoms. The van der Waals surface area contributed by atoms with Crippen molar-refractivity contribution in [2.24, 2.45) is 5.73 Å². The molecule has 0 radical (unpaired) electrons. The number of nitrogens with one attached hydrogen (secondary N) is 1. The first-order chi connectivity index (χ1) is 9.90. The molecule has 0 spiro atoms. The molecule has 1 aromatic heterocycles. The number of primary amides is 1. The van der Waals surface area contributed by atoms with Gasteiger partial charge in [0, 0.05) is 25.2 Å². The molecule has 0 saturated carbocycles. The summed E-state index contributed by atoms with van der Waals surface area (Å²) in [7, 11) is 0. The fraction of sp³-hybridized carbons (Fsp3) is 0.385. The molecule has 0 aliphatic heterocycles. The largest absolute Gasteiger partial charge is 0.480 e. The molecule has 4 N–H and O–H groups in total. The molecule has 114 valence electrons. The van der Waals surface area contributed by atoms with Gasteiger partial charge in [-0.3, -0.25) is 14.4 Å². The molecule has 1 atom stereocenters. The molecule has 0 aliphatic carbocycles. The fourth-order valence-electron chi connectivity index (χ4n) is 1.72. The molecule has 1 unspecified atom stereocenters. The van der Waals surface area contributed by atoms with Gasteiger partial charge < -0.3 is 20.7 Å². The van der Waals surface area contributed by atoms with Gasteiger partial charge in [-0.15, -0.1) is 0 Å². The van der Waals surface area contributed by atoms with E-state index in [0.29, 0.717) is 13.0 Å². The average Bonchev–Trinajstić information content (AvgIpc) is 2.39. The van der Waals surface area contributed by atoms with Gasteiger partial charge in [-0.2, -0.15) is 0 Å². The third kappa shape index (κ3) is 5.89. The van der Waals surface area contributed by atoms with E-state index >= 15 is 0 Å². The lowest BCUT2D eigenvalue weighted by atomic mass is 10.2. The van der Waals surface area contributed by atoms with E-state index in [1.54, 1.807) is 18.3 Å². The maximum Gasteiger partial charge on any atom is 0.326 e. The van der Waals surface area contributed by atoms with Crippen LogP contribution in [0.3, 0.4) is 0 Å². The van der Waals surface area contributed by atoms with Crippen LogP contribution in [-0.4, -0.2) is 33.5 Å². The maximum atomic E-state index is 11.6. The maximum absolute atomic E-state index is 11.6. The monoisotopic (exact) mass is 295 g/mol. The number of nitrogens with zero attached hydrogens (tertiary/aromatic N) is 1. The molecule has 8 heteroatoms. The van der Waals surface area contributed by atoms with Crippen LogP contribution in [0.2, 0.25) is 0 Å². The van der Waals surface area contributed by atoms with Gasteiger partial charge in [-0.1, -0.05) is 6.07 Å². The Kier molecular flexibility index (Phi) is 6.12. The molecule has 2 amide bonds. The molecule has 0 fully saturated rings. The van der Waals surface area contributed by atoms with E-state index < -0.39 is 30.2 Å². The van der Waals surface area contributed by atoms with Gasteiger partial charge in [0.1, 0.15) is 6.04 Å². The number of carboxylic acid groups (broad SMARTS) is 1. The van der Waals surface area contributed by atoms with Crippen LogP contribution in [0.4, 0.5) is 0 Å². The molecular formula is C13H17N3O5. The molecule has 1 aromatic rings. The number of hydrogen-bond donors (Lipinski definition) is 3. The molecule has 0 saturated heterocycles. The van der Waals surface area contributed by atoms with E-state index in [1.807, 2.05) is 0 Å². The quantitative estimate of drug-likeness (QED) is 0.570. The van der Waals surface area contributed by atoms with Gasteiger partial charge in [-0.05, 0) is 12.5 Å². The van der Waals surface area contributed by atoms with Crippen molar-refractivity contribution in [2.45, 2.75) is 31.8 Å². The summed E-state index contributed by atoms with van der Waals surface area (Å²) in [5.74, 6) is -2.63. The second kappa shape index (κ2) is 7.83. The van der Waals surface area contributed by atoms with Crippen molar-refractivity contribution in [3.05, 3.63) is 34.7 Å². The summed E-state index contributed by atoms with van der Waals surface area (Å²) in [5.41, 5.74) is 4.74. The fourth-order valence-corrected chi connectivity index (χ4v) is 1.72. The lowest BCUT2D eigenvalue weighted by Crippen LogP contribution is -2.43. The number of aryl methyl sites for hydroxylation is 1. The minimum atomic E-state index is -1.32. The SMILES string of the molecule is NC(=O)CC(NC(=O)CCCn1ccccc1=O)C(=O)O. The third-order valence-electron chi connectivity index (χ3n) is 2.74. The normalized spacial score (nSPS) is 11.6. The van der Waals surface area contributed by atoms with Crippen LogP contribution >= 0.6 is 0 Å². The number of carbonyl (C=O) groups excluding carboxylic acids is 2. The van der Waals surface area contributed by atoms with E-state index in [2.05, 4.69) is 5.32 Å². The van der Waals surface area contributed by atoms with E-state index in [4.69, 9.17) is 10.8 Å². The lowest BCUT2D eigenvalue weighted by Gasteiger charge is -2.12. The Morgan fingerprint density at radius 1 is 1.33 bits per heavy atom. The van der Waals surface area contributed by atoms with Crippen molar-refractivity contribution in [1.29, 1.82) is 0 Å². The molecule has 1 rings (SSSR count). The summed E-state index contributed by atoms with van der Waals surface area (Å²) < 4.78 is 1.45. The minimum Gasteiger partial charge on any atom is -0.480 e. The van der Waals surface area contributed by atoms with Crippen LogP contribution in [0.1, 0.15) is 19.3 Å². The van der Waals surface area contributed by atoms with Crippen LogP contribution in [0.25, 0.3) is 0 Å². The molecule has 21 heavy (non-hydrogen) atoms. The highest BCUT2D eigenvalue weighted by Crippen LogP contribution is 1.97. The van der Waals surface area contributed by atoms with Crippen molar-refractivity contribution >= 4 is 17.8 Å². The van der Waals surface area contributed by atoms with Crippen LogP contribution in [0, 0.1) is 0 Å². The van der Waals surface area contributed by atoms with Crippen molar-refractivity contribution in [3.63, 3.8) is 0 Å². The van der Waals surface area contributed by atoms with Gasteiger partial charge in [0.2, 0.25) is 17.4 Å². The summed E-state index contributed by atoms with van der Waals surface area (Å²) >= 11 is 0. The number of hydrogen-bond acceptors (Lipinski definition) is 4. The van der Waals surface area contributed by atoms with Crippen molar-refractivity contribution in [2.75, 3.05) is 0 Å². The first-order valence-corrected chi connectivity index (χ1v) is 6.36. The van der Waals surface area contributed by atoms with E-state index in [1.165, 1.54) is 10.6 Å².